The highest BCUT2D eigenvalue weighted by atomic mass is 16.4. The van der Waals surface area contributed by atoms with Gasteiger partial charge in [0.1, 0.15) is 0 Å². The number of hydrogen-bond acceptors (Lipinski definition) is 3. The predicted octanol–water partition coefficient (Wildman–Crippen LogP) is 1.73. The van der Waals surface area contributed by atoms with E-state index in [4.69, 9.17) is 5.11 Å². The number of hydrogen-bond donors (Lipinski definition) is 3. The van der Waals surface area contributed by atoms with E-state index < -0.39 is 17.9 Å². The van der Waals surface area contributed by atoms with Crippen molar-refractivity contribution >= 4 is 23.5 Å². The van der Waals surface area contributed by atoms with Crippen molar-refractivity contribution in [3.05, 3.63) is 29.8 Å². The summed E-state index contributed by atoms with van der Waals surface area (Å²) in [4.78, 5) is 33.3. The summed E-state index contributed by atoms with van der Waals surface area (Å²) < 4.78 is 0. The van der Waals surface area contributed by atoms with Gasteiger partial charge in [-0.15, -0.1) is 0 Å². The van der Waals surface area contributed by atoms with Crippen molar-refractivity contribution < 1.29 is 19.5 Å². The molecule has 1 aromatic rings. The second kappa shape index (κ2) is 6.53. The molecule has 0 fully saturated rings. The molecule has 6 nitrogen and oxygen atoms in total. The smallest absolute Gasteiger partial charge is 0.319 e. The molecule has 0 radical (unpaired) electrons. The number of Topliss-reactive ketones (excluding diaryl/α,β-unsaturated/α-hetero) is 1. The number of ketones is 1. The van der Waals surface area contributed by atoms with Crippen molar-refractivity contribution in [3.63, 3.8) is 0 Å². The van der Waals surface area contributed by atoms with E-state index in [1.165, 1.54) is 13.8 Å². The molecule has 2 amide bonds. The van der Waals surface area contributed by atoms with Gasteiger partial charge < -0.3 is 15.7 Å². The first-order chi connectivity index (χ1) is 8.90. The zero-order valence-corrected chi connectivity index (χ0v) is 10.8. The highest BCUT2D eigenvalue weighted by Gasteiger charge is 2.12. The molecule has 0 saturated carbocycles. The molecule has 0 aliphatic carbocycles. The standard InChI is InChI=1S/C13H16N2O4/c1-8(12(17)18)7-14-13(19)15-11-5-3-4-10(6-11)9(2)16/h3-6,8H,7H2,1-2H3,(H,17,18)(H2,14,15,19). The van der Waals surface area contributed by atoms with Gasteiger partial charge in [0, 0.05) is 17.8 Å². The highest BCUT2D eigenvalue weighted by Crippen LogP contribution is 2.10. The molecule has 6 heteroatoms. The monoisotopic (exact) mass is 264 g/mol. The van der Waals surface area contributed by atoms with Crippen molar-refractivity contribution in [2.75, 3.05) is 11.9 Å². The lowest BCUT2D eigenvalue weighted by Crippen LogP contribution is -2.34. The van der Waals surface area contributed by atoms with Crippen LogP contribution in [0.5, 0.6) is 0 Å². The van der Waals surface area contributed by atoms with Crippen LogP contribution in [0.2, 0.25) is 0 Å². The van der Waals surface area contributed by atoms with Crippen molar-refractivity contribution in [1.29, 1.82) is 0 Å². The molecule has 0 bridgehead atoms. The number of aliphatic carboxylic acids is 1. The molecule has 0 saturated heterocycles. The van der Waals surface area contributed by atoms with Crippen LogP contribution >= 0.6 is 0 Å². The first-order valence-corrected chi connectivity index (χ1v) is 5.79. The fourth-order valence-electron chi connectivity index (χ4n) is 1.32. The molecular formula is C13H16N2O4. The number of benzene rings is 1. The number of nitrogens with one attached hydrogen (secondary N) is 2. The lowest BCUT2D eigenvalue weighted by Gasteiger charge is -2.10. The fraction of sp³-hybridized carbons (Fsp3) is 0.308. The fourth-order valence-corrected chi connectivity index (χ4v) is 1.32. The maximum Gasteiger partial charge on any atom is 0.319 e. The number of carboxylic acid groups (broad SMARTS) is 1. The Hall–Kier alpha value is -2.37. The second-order valence-electron chi connectivity index (χ2n) is 4.21. The summed E-state index contributed by atoms with van der Waals surface area (Å²) in [7, 11) is 0. The van der Waals surface area contributed by atoms with Crippen LogP contribution in [0.4, 0.5) is 10.5 Å². The average molecular weight is 264 g/mol. The lowest BCUT2D eigenvalue weighted by molar-refractivity contribution is -0.140. The zero-order valence-electron chi connectivity index (χ0n) is 10.8. The van der Waals surface area contributed by atoms with Gasteiger partial charge in [-0.3, -0.25) is 9.59 Å². The zero-order chi connectivity index (χ0) is 14.4. The summed E-state index contributed by atoms with van der Waals surface area (Å²) in [6, 6.07) is 6.01. The molecule has 0 aliphatic heterocycles. The normalized spacial score (nSPS) is 11.5. The predicted molar refractivity (Wildman–Crippen MR) is 70.3 cm³/mol. The van der Waals surface area contributed by atoms with Gasteiger partial charge in [0.25, 0.3) is 0 Å². The number of anilines is 1. The van der Waals surface area contributed by atoms with Gasteiger partial charge in [0.05, 0.1) is 5.92 Å². The SMILES string of the molecule is CC(=O)c1cccc(NC(=O)NCC(C)C(=O)O)c1. The molecule has 1 atom stereocenters. The lowest BCUT2D eigenvalue weighted by atomic mass is 10.1. The van der Waals surface area contributed by atoms with Crippen LogP contribution in [-0.4, -0.2) is 29.4 Å². The molecule has 1 aromatic carbocycles. The van der Waals surface area contributed by atoms with Crippen LogP contribution < -0.4 is 10.6 Å². The van der Waals surface area contributed by atoms with Crippen LogP contribution in [0.25, 0.3) is 0 Å². The van der Waals surface area contributed by atoms with Crippen LogP contribution in [0.15, 0.2) is 24.3 Å². The Bertz CT molecular complexity index is 499. The number of amides is 2. The molecule has 0 aliphatic rings. The third-order valence-corrected chi connectivity index (χ3v) is 2.52. The van der Waals surface area contributed by atoms with E-state index in [1.54, 1.807) is 24.3 Å². The minimum atomic E-state index is -0.973. The third-order valence-electron chi connectivity index (χ3n) is 2.52. The van der Waals surface area contributed by atoms with E-state index in [9.17, 15) is 14.4 Å². The van der Waals surface area contributed by atoms with Crippen LogP contribution in [0, 0.1) is 5.92 Å². The minimum Gasteiger partial charge on any atom is -0.481 e. The summed E-state index contributed by atoms with van der Waals surface area (Å²) >= 11 is 0. The van der Waals surface area contributed by atoms with Gasteiger partial charge in [-0.05, 0) is 19.1 Å². The van der Waals surface area contributed by atoms with Gasteiger partial charge in [-0.2, -0.15) is 0 Å². The largest absolute Gasteiger partial charge is 0.481 e. The maximum atomic E-state index is 11.5. The van der Waals surface area contributed by atoms with Crippen LogP contribution in [0.1, 0.15) is 24.2 Å². The van der Waals surface area contributed by atoms with Gasteiger partial charge in [0.15, 0.2) is 5.78 Å². The summed E-state index contributed by atoms with van der Waals surface area (Å²) in [6.45, 7) is 2.97. The Morgan fingerprint density at radius 2 is 2.00 bits per heavy atom. The van der Waals surface area contributed by atoms with E-state index in [2.05, 4.69) is 10.6 Å². The molecule has 3 N–H and O–H groups in total. The number of carbonyl (C=O) groups is 3. The van der Waals surface area contributed by atoms with Gasteiger partial charge in [-0.1, -0.05) is 19.1 Å². The molecule has 0 spiro atoms. The molecule has 1 rings (SSSR count). The number of carbonyl (C=O) groups excluding carboxylic acids is 2. The van der Waals surface area contributed by atoms with Crippen LogP contribution in [0.3, 0.4) is 0 Å². The Kier molecular flexibility index (Phi) is 5.05. The Morgan fingerprint density at radius 3 is 2.58 bits per heavy atom. The molecular weight excluding hydrogens is 248 g/mol. The van der Waals surface area contributed by atoms with E-state index in [-0.39, 0.29) is 12.3 Å². The molecule has 19 heavy (non-hydrogen) atoms. The van der Waals surface area contributed by atoms with Gasteiger partial charge in [-0.25, -0.2) is 4.79 Å². The van der Waals surface area contributed by atoms with E-state index in [0.717, 1.165) is 0 Å². The first-order valence-electron chi connectivity index (χ1n) is 5.79. The molecule has 0 heterocycles. The van der Waals surface area contributed by atoms with Crippen molar-refractivity contribution in [3.8, 4) is 0 Å². The Balaban J connectivity index is 2.55. The van der Waals surface area contributed by atoms with E-state index in [1.807, 2.05) is 0 Å². The molecule has 0 aromatic heterocycles. The quantitative estimate of drug-likeness (QED) is 0.706. The Labute approximate surface area is 110 Å². The van der Waals surface area contributed by atoms with E-state index >= 15 is 0 Å². The molecule has 102 valence electrons. The number of rotatable bonds is 5. The maximum absolute atomic E-state index is 11.5. The second-order valence-corrected chi connectivity index (χ2v) is 4.21. The number of urea groups is 1. The molecule has 1 unspecified atom stereocenters. The van der Waals surface area contributed by atoms with Crippen molar-refractivity contribution in [2.24, 2.45) is 5.92 Å². The summed E-state index contributed by atoms with van der Waals surface area (Å²) in [5, 5.41) is 13.7. The van der Waals surface area contributed by atoms with Gasteiger partial charge >= 0.3 is 12.0 Å². The average Bonchev–Trinajstić information content (AvgIpc) is 2.36. The Morgan fingerprint density at radius 1 is 1.32 bits per heavy atom. The summed E-state index contributed by atoms with van der Waals surface area (Å²) in [6.07, 6.45) is 0. The van der Waals surface area contributed by atoms with Gasteiger partial charge in [0.2, 0.25) is 0 Å². The van der Waals surface area contributed by atoms with Crippen LogP contribution in [-0.2, 0) is 4.79 Å². The topological polar surface area (TPSA) is 95.5 Å². The summed E-state index contributed by atoms with van der Waals surface area (Å²) in [5.74, 6) is -1.73. The van der Waals surface area contributed by atoms with Crippen molar-refractivity contribution in [1.82, 2.24) is 5.32 Å². The van der Waals surface area contributed by atoms with E-state index in [0.29, 0.717) is 11.3 Å². The highest BCUT2D eigenvalue weighted by molar-refractivity contribution is 5.96. The van der Waals surface area contributed by atoms with Crippen molar-refractivity contribution in [2.45, 2.75) is 13.8 Å². The summed E-state index contributed by atoms with van der Waals surface area (Å²) in [5.41, 5.74) is 0.977. The minimum absolute atomic E-state index is 0.0353. The number of carboxylic acids is 1. The first kappa shape index (κ1) is 14.7. The third kappa shape index (κ3) is 4.79.